The third-order valence-electron chi connectivity index (χ3n) is 3.81. The first-order valence-corrected chi connectivity index (χ1v) is 7.16. The highest BCUT2D eigenvalue weighted by Gasteiger charge is 2.05. The Balaban J connectivity index is 1.91. The van der Waals surface area contributed by atoms with Crippen LogP contribution in [-0.2, 0) is 0 Å². The maximum Gasteiger partial charge on any atom is -0.0155 e. The van der Waals surface area contributed by atoms with E-state index in [1.807, 2.05) is 6.07 Å². The summed E-state index contributed by atoms with van der Waals surface area (Å²) in [6.45, 7) is 6.38. The molecule has 0 amide bonds. The molecule has 0 unspecified atom stereocenters. The van der Waals surface area contributed by atoms with Gasteiger partial charge in [-0.25, -0.2) is 0 Å². The van der Waals surface area contributed by atoms with Crippen LogP contribution in [0.5, 0.6) is 0 Å². The van der Waals surface area contributed by atoms with Gasteiger partial charge in [-0.3, -0.25) is 0 Å². The van der Waals surface area contributed by atoms with Gasteiger partial charge in [0.25, 0.3) is 0 Å². The molecule has 3 aromatic rings. The third kappa shape index (κ3) is 2.80. The highest BCUT2D eigenvalue weighted by molar-refractivity contribution is 5.80. The summed E-state index contributed by atoms with van der Waals surface area (Å²) in [5.41, 5.74) is 7.19. The molecule has 0 aliphatic rings. The summed E-state index contributed by atoms with van der Waals surface area (Å²) in [6, 6.07) is 27.4. The minimum atomic E-state index is 1.08. The van der Waals surface area contributed by atoms with Crippen LogP contribution in [0.25, 0.3) is 16.7 Å². The quantitative estimate of drug-likeness (QED) is 0.570. The molecule has 3 rings (SSSR count). The second kappa shape index (κ2) is 5.80. The normalized spacial score (nSPS) is 10.3. The van der Waals surface area contributed by atoms with Gasteiger partial charge in [0, 0.05) is 0 Å². The summed E-state index contributed by atoms with van der Waals surface area (Å²) in [5.74, 6) is 0. The molecule has 21 heavy (non-hydrogen) atoms. The molecule has 0 radical (unpaired) electrons. The van der Waals surface area contributed by atoms with Gasteiger partial charge in [0.15, 0.2) is 0 Å². The van der Waals surface area contributed by atoms with Crippen molar-refractivity contribution in [1.82, 2.24) is 0 Å². The Morgan fingerprint density at radius 3 is 1.90 bits per heavy atom. The van der Waals surface area contributed by atoms with Crippen molar-refractivity contribution in [1.29, 1.82) is 0 Å². The number of rotatable bonds is 3. The molecule has 0 aliphatic heterocycles. The largest absolute Gasteiger partial charge is 0.0905 e. The third-order valence-corrected chi connectivity index (χ3v) is 3.81. The predicted molar refractivity (Wildman–Crippen MR) is 91.2 cm³/mol. The van der Waals surface area contributed by atoms with E-state index in [-0.39, 0.29) is 0 Å². The van der Waals surface area contributed by atoms with Crippen molar-refractivity contribution in [3.63, 3.8) is 0 Å². The molecule has 0 fully saturated rings. The molecule has 102 valence electrons. The highest BCUT2D eigenvalue weighted by Crippen LogP contribution is 2.26. The summed E-state index contributed by atoms with van der Waals surface area (Å²) in [7, 11) is 0. The van der Waals surface area contributed by atoms with Gasteiger partial charge >= 0.3 is 0 Å². The van der Waals surface area contributed by atoms with E-state index in [1.54, 1.807) is 0 Å². The van der Waals surface area contributed by atoms with E-state index in [0.717, 1.165) is 5.57 Å². The van der Waals surface area contributed by atoms with E-state index in [1.165, 1.54) is 27.8 Å². The van der Waals surface area contributed by atoms with Crippen LogP contribution in [0.15, 0.2) is 85.4 Å². The summed E-state index contributed by atoms with van der Waals surface area (Å²) in [6.07, 6.45) is 0. The summed E-state index contributed by atoms with van der Waals surface area (Å²) < 4.78 is 0. The lowest BCUT2D eigenvalue weighted by molar-refractivity contribution is 1.42. The maximum atomic E-state index is 4.26. The fourth-order valence-corrected chi connectivity index (χ4v) is 2.56. The zero-order valence-corrected chi connectivity index (χ0v) is 12.2. The molecular formula is C21H18. The van der Waals surface area contributed by atoms with Crippen LogP contribution >= 0.6 is 0 Å². The molecule has 0 atom stereocenters. The lowest BCUT2D eigenvalue weighted by Gasteiger charge is -2.10. The van der Waals surface area contributed by atoms with Crippen LogP contribution in [0.2, 0.25) is 0 Å². The average Bonchev–Trinajstić information content (AvgIpc) is 2.56. The second-order valence-electron chi connectivity index (χ2n) is 5.24. The van der Waals surface area contributed by atoms with E-state index in [0.29, 0.717) is 0 Å². The number of hydrogen-bond acceptors (Lipinski definition) is 0. The molecular weight excluding hydrogens is 252 g/mol. The monoisotopic (exact) mass is 270 g/mol. The van der Waals surface area contributed by atoms with Gasteiger partial charge in [0.05, 0.1) is 0 Å². The summed E-state index contributed by atoms with van der Waals surface area (Å²) in [5, 5.41) is 0. The molecule has 0 aliphatic carbocycles. The van der Waals surface area contributed by atoms with Gasteiger partial charge in [-0.15, -0.1) is 0 Å². The lowest BCUT2D eigenvalue weighted by atomic mass is 9.94. The second-order valence-corrected chi connectivity index (χ2v) is 5.24. The molecule has 0 bridgehead atoms. The Morgan fingerprint density at radius 1 is 0.667 bits per heavy atom. The van der Waals surface area contributed by atoms with Crippen molar-refractivity contribution in [3.8, 4) is 11.1 Å². The highest BCUT2D eigenvalue weighted by atomic mass is 14.1. The van der Waals surface area contributed by atoms with E-state index in [2.05, 4.69) is 86.3 Å². The van der Waals surface area contributed by atoms with Crippen molar-refractivity contribution >= 4 is 5.57 Å². The molecule has 0 saturated heterocycles. The molecule has 0 aromatic heterocycles. The summed E-state index contributed by atoms with van der Waals surface area (Å²) in [4.78, 5) is 0. The van der Waals surface area contributed by atoms with Crippen molar-refractivity contribution in [2.75, 3.05) is 0 Å². The molecule has 0 N–H and O–H groups in total. The summed E-state index contributed by atoms with van der Waals surface area (Å²) >= 11 is 0. The lowest BCUT2D eigenvalue weighted by Crippen LogP contribution is -1.89. The maximum absolute atomic E-state index is 4.26. The smallest absolute Gasteiger partial charge is 0.0155 e. The molecule has 0 heteroatoms. The fourth-order valence-electron chi connectivity index (χ4n) is 2.56. The molecule has 0 spiro atoms. The molecule has 3 aromatic carbocycles. The van der Waals surface area contributed by atoms with E-state index in [4.69, 9.17) is 0 Å². The average molecular weight is 270 g/mol. The Kier molecular flexibility index (Phi) is 3.70. The van der Waals surface area contributed by atoms with Crippen molar-refractivity contribution in [2.45, 2.75) is 6.92 Å². The van der Waals surface area contributed by atoms with Gasteiger partial charge in [0.1, 0.15) is 0 Å². The fraction of sp³-hybridized carbons (Fsp3) is 0.0476. The first kappa shape index (κ1) is 13.4. The van der Waals surface area contributed by atoms with Crippen molar-refractivity contribution in [2.24, 2.45) is 0 Å². The van der Waals surface area contributed by atoms with Gasteiger partial charge in [-0.1, -0.05) is 85.4 Å². The van der Waals surface area contributed by atoms with Crippen LogP contribution in [0, 0.1) is 6.92 Å². The molecule has 0 nitrogen and oxygen atoms in total. The number of benzene rings is 3. The molecule has 0 heterocycles. The molecule has 0 saturated carbocycles. The van der Waals surface area contributed by atoms with E-state index in [9.17, 15) is 0 Å². The van der Waals surface area contributed by atoms with Crippen molar-refractivity contribution in [3.05, 3.63) is 102 Å². The van der Waals surface area contributed by atoms with Gasteiger partial charge in [0.2, 0.25) is 0 Å². The van der Waals surface area contributed by atoms with Crippen LogP contribution in [0.4, 0.5) is 0 Å². The first-order chi connectivity index (χ1) is 10.3. The Hall–Kier alpha value is -2.60. The van der Waals surface area contributed by atoms with Gasteiger partial charge in [-0.05, 0) is 40.3 Å². The van der Waals surface area contributed by atoms with Crippen LogP contribution in [0.3, 0.4) is 0 Å². The van der Waals surface area contributed by atoms with Gasteiger partial charge < -0.3 is 0 Å². The topological polar surface area (TPSA) is 0 Å². The minimum Gasteiger partial charge on any atom is -0.0905 e. The van der Waals surface area contributed by atoms with Gasteiger partial charge in [-0.2, -0.15) is 0 Å². The number of hydrogen-bond donors (Lipinski definition) is 0. The van der Waals surface area contributed by atoms with E-state index >= 15 is 0 Å². The Morgan fingerprint density at radius 2 is 1.24 bits per heavy atom. The standard InChI is InChI=1S/C21H18/c1-16-8-6-7-11-21(16)17(2)18-12-14-20(15-13-18)19-9-4-3-5-10-19/h3-15H,2H2,1H3. The zero-order valence-electron chi connectivity index (χ0n) is 12.2. The SMILES string of the molecule is C=C(c1ccc(-c2ccccc2)cc1)c1ccccc1C. The van der Waals surface area contributed by atoms with Crippen molar-refractivity contribution < 1.29 is 0 Å². The zero-order chi connectivity index (χ0) is 14.7. The van der Waals surface area contributed by atoms with Crippen LogP contribution < -0.4 is 0 Å². The first-order valence-electron chi connectivity index (χ1n) is 7.16. The Labute approximate surface area is 126 Å². The Bertz CT molecular complexity index is 750. The minimum absolute atomic E-state index is 1.08. The number of aryl methyl sites for hydroxylation is 1. The van der Waals surface area contributed by atoms with E-state index < -0.39 is 0 Å². The van der Waals surface area contributed by atoms with Crippen LogP contribution in [-0.4, -0.2) is 0 Å². The van der Waals surface area contributed by atoms with Crippen LogP contribution in [0.1, 0.15) is 16.7 Å². The predicted octanol–water partition coefficient (Wildman–Crippen LogP) is 5.72.